The number of carbonyl (C=O) groups excluding carboxylic acids is 3. The number of amides is 2. The molecule has 0 saturated heterocycles. The fraction of sp³-hybridized carbons (Fsp3) is 0.400. The Morgan fingerprint density at radius 1 is 1.14 bits per heavy atom. The van der Waals surface area contributed by atoms with E-state index in [2.05, 4.69) is 10.6 Å². The quantitative estimate of drug-likeness (QED) is 0.530. The summed E-state index contributed by atoms with van der Waals surface area (Å²) in [5, 5.41) is 13.8. The predicted molar refractivity (Wildman–Crippen MR) is 80.3 cm³/mol. The third-order valence-corrected chi connectivity index (χ3v) is 2.91. The summed E-state index contributed by atoms with van der Waals surface area (Å²) in [4.78, 5) is 34.8. The van der Waals surface area contributed by atoms with Gasteiger partial charge in [0.15, 0.2) is 0 Å². The average molecular weight is 308 g/mol. The van der Waals surface area contributed by atoms with Gasteiger partial charge in [0.05, 0.1) is 24.8 Å². The van der Waals surface area contributed by atoms with Gasteiger partial charge in [-0.15, -0.1) is 0 Å². The summed E-state index contributed by atoms with van der Waals surface area (Å²) >= 11 is 0. The zero-order valence-electron chi connectivity index (χ0n) is 12.6. The maximum absolute atomic E-state index is 11.7. The van der Waals surface area contributed by atoms with Crippen molar-refractivity contribution < 1.29 is 24.2 Å². The molecule has 120 valence electrons. The summed E-state index contributed by atoms with van der Waals surface area (Å²) in [5.74, 6) is -2.11. The van der Waals surface area contributed by atoms with Crippen LogP contribution < -0.4 is 10.6 Å². The second kappa shape index (κ2) is 8.78. The lowest BCUT2D eigenvalue weighted by Gasteiger charge is -2.13. The minimum Gasteiger partial charge on any atom is -0.462 e. The van der Waals surface area contributed by atoms with Crippen LogP contribution in [0.15, 0.2) is 24.3 Å². The summed E-state index contributed by atoms with van der Waals surface area (Å²) < 4.78 is 4.84. The molecular formula is C15H20N2O5. The normalized spacial score (nSPS) is 11.4. The molecule has 3 N–H and O–H groups in total. The number of benzene rings is 1. The first kappa shape index (κ1) is 17.6. The molecule has 1 aromatic carbocycles. The largest absolute Gasteiger partial charge is 0.462 e. The minimum absolute atomic E-state index is 0.232. The molecule has 2 amide bonds. The number of nitrogens with one attached hydrogen (secondary N) is 2. The zero-order valence-corrected chi connectivity index (χ0v) is 12.6. The molecule has 0 spiro atoms. The summed E-state index contributed by atoms with van der Waals surface area (Å²) in [6, 6.07) is 5.54. The Balaban J connectivity index is 2.61. The van der Waals surface area contributed by atoms with Crippen molar-refractivity contribution in [3.05, 3.63) is 29.8 Å². The van der Waals surface area contributed by atoms with Crippen LogP contribution in [-0.4, -0.2) is 42.1 Å². The van der Waals surface area contributed by atoms with E-state index in [9.17, 15) is 14.4 Å². The van der Waals surface area contributed by atoms with E-state index in [0.29, 0.717) is 17.7 Å². The van der Waals surface area contributed by atoms with Crippen LogP contribution in [0, 0.1) is 0 Å². The Labute approximate surface area is 128 Å². The highest BCUT2D eigenvalue weighted by atomic mass is 16.5. The van der Waals surface area contributed by atoms with Gasteiger partial charge in [-0.05, 0) is 37.6 Å². The standard InChI is InChI=1S/C15H20N2O5/c1-3-11(9-18)16-13(19)14(20)17-12-7-5-10(6-8-12)15(21)22-4-2/h5-8,11,18H,3-4,9H2,1-2H3,(H,16,19)(H,17,20). The molecule has 1 aromatic rings. The lowest BCUT2D eigenvalue weighted by molar-refractivity contribution is -0.136. The Hall–Kier alpha value is -2.41. The van der Waals surface area contributed by atoms with Crippen molar-refractivity contribution in [1.29, 1.82) is 0 Å². The molecule has 0 aliphatic rings. The van der Waals surface area contributed by atoms with Gasteiger partial charge >= 0.3 is 17.8 Å². The number of aliphatic hydroxyl groups excluding tert-OH is 1. The van der Waals surface area contributed by atoms with Gasteiger partial charge in [0, 0.05) is 5.69 Å². The number of carbonyl (C=O) groups is 3. The van der Waals surface area contributed by atoms with Crippen molar-refractivity contribution in [1.82, 2.24) is 5.32 Å². The maximum atomic E-state index is 11.7. The van der Waals surface area contributed by atoms with Crippen molar-refractivity contribution in [2.45, 2.75) is 26.3 Å². The van der Waals surface area contributed by atoms with E-state index in [0.717, 1.165) is 0 Å². The summed E-state index contributed by atoms with van der Waals surface area (Å²) in [5.41, 5.74) is 0.737. The van der Waals surface area contributed by atoms with E-state index >= 15 is 0 Å². The number of aliphatic hydroxyl groups is 1. The van der Waals surface area contributed by atoms with Crippen molar-refractivity contribution in [2.75, 3.05) is 18.5 Å². The first-order valence-electron chi connectivity index (χ1n) is 7.01. The molecule has 0 heterocycles. The molecule has 1 rings (SSSR count). The van der Waals surface area contributed by atoms with Gasteiger partial charge < -0.3 is 20.5 Å². The van der Waals surface area contributed by atoms with E-state index in [1.54, 1.807) is 13.8 Å². The third kappa shape index (κ3) is 5.17. The van der Waals surface area contributed by atoms with Gasteiger partial charge in [-0.2, -0.15) is 0 Å². The molecule has 0 saturated carbocycles. The summed E-state index contributed by atoms with van der Waals surface area (Å²) in [6.07, 6.45) is 0.518. The van der Waals surface area contributed by atoms with E-state index in [1.165, 1.54) is 24.3 Å². The van der Waals surface area contributed by atoms with Gasteiger partial charge in [0.2, 0.25) is 0 Å². The molecule has 7 nitrogen and oxygen atoms in total. The van der Waals surface area contributed by atoms with Gasteiger partial charge in [0.25, 0.3) is 0 Å². The molecular weight excluding hydrogens is 288 g/mol. The number of anilines is 1. The molecule has 0 aliphatic heterocycles. The molecule has 0 radical (unpaired) electrons. The molecule has 0 aliphatic carbocycles. The van der Waals surface area contributed by atoms with Crippen LogP contribution in [0.3, 0.4) is 0 Å². The fourth-order valence-corrected chi connectivity index (χ4v) is 1.62. The Bertz CT molecular complexity index is 523. The van der Waals surface area contributed by atoms with Crippen LogP contribution >= 0.6 is 0 Å². The molecule has 1 unspecified atom stereocenters. The van der Waals surface area contributed by atoms with Gasteiger partial charge in [-0.3, -0.25) is 9.59 Å². The van der Waals surface area contributed by atoms with Crippen LogP contribution in [0.5, 0.6) is 0 Å². The second-order valence-corrected chi connectivity index (χ2v) is 4.51. The monoisotopic (exact) mass is 308 g/mol. The highest BCUT2D eigenvalue weighted by Crippen LogP contribution is 2.10. The van der Waals surface area contributed by atoms with Crippen molar-refractivity contribution in [3.8, 4) is 0 Å². The lowest BCUT2D eigenvalue weighted by Crippen LogP contribution is -2.43. The van der Waals surface area contributed by atoms with Crippen LogP contribution in [0.1, 0.15) is 30.6 Å². The van der Waals surface area contributed by atoms with Crippen LogP contribution in [0.2, 0.25) is 0 Å². The van der Waals surface area contributed by atoms with Crippen molar-refractivity contribution in [2.24, 2.45) is 0 Å². The topological polar surface area (TPSA) is 105 Å². The van der Waals surface area contributed by atoms with Crippen LogP contribution in [-0.2, 0) is 14.3 Å². The zero-order chi connectivity index (χ0) is 16.5. The summed E-state index contributed by atoms with van der Waals surface area (Å²) in [7, 11) is 0. The first-order valence-corrected chi connectivity index (χ1v) is 7.01. The molecule has 0 fully saturated rings. The van der Waals surface area contributed by atoms with E-state index in [1.807, 2.05) is 0 Å². The second-order valence-electron chi connectivity index (χ2n) is 4.51. The molecule has 1 atom stereocenters. The highest BCUT2D eigenvalue weighted by molar-refractivity contribution is 6.39. The first-order chi connectivity index (χ1) is 10.5. The average Bonchev–Trinajstić information content (AvgIpc) is 2.53. The number of hydrogen-bond acceptors (Lipinski definition) is 5. The SMILES string of the molecule is CCOC(=O)c1ccc(NC(=O)C(=O)NC(CC)CO)cc1. The fourth-order valence-electron chi connectivity index (χ4n) is 1.62. The molecule has 22 heavy (non-hydrogen) atoms. The van der Waals surface area contributed by atoms with E-state index < -0.39 is 23.8 Å². The van der Waals surface area contributed by atoms with Crippen LogP contribution in [0.25, 0.3) is 0 Å². The number of hydrogen-bond donors (Lipinski definition) is 3. The molecule has 7 heteroatoms. The number of rotatable bonds is 6. The van der Waals surface area contributed by atoms with Crippen LogP contribution in [0.4, 0.5) is 5.69 Å². The van der Waals surface area contributed by atoms with E-state index in [4.69, 9.17) is 9.84 Å². The van der Waals surface area contributed by atoms with E-state index in [-0.39, 0.29) is 13.2 Å². The smallest absolute Gasteiger partial charge is 0.338 e. The number of esters is 1. The Morgan fingerprint density at radius 3 is 2.27 bits per heavy atom. The third-order valence-electron chi connectivity index (χ3n) is 2.91. The van der Waals surface area contributed by atoms with Crippen molar-refractivity contribution in [3.63, 3.8) is 0 Å². The Morgan fingerprint density at radius 2 is 1.77 bits per heavy atom. The van der Waals surface area contributed by atoms with Gasteiger partial charge in [0.1, 0.15) is 0 Å². The molecule has 0 bridgehead atoms. The summed E-state index contributed by atoms with van der Waals surface area (Å²) in [6.45, 7) is 3.54. The predicted octanol–water partition coefficient (Wildman–Crippen LogP) is 0.689. The Kier molecular flexibility index (Phi) is 7.04. The highest BCUT2D eigenvalue weighted by Gasteiger charge is 2.17. The number of ether oxygens (including phenoxy) is 1. The lowest BCUT2D eigenvalue weighted by atomic mass is 10.2. The molecule has 0 aromatic heterocycles. The van der Waals surface area contributed by atoms with Gasteiger partial charge in [-0.25, -0.2) is 4.79 Å². The van der Waals surface area contributed by atoms with Crippen molar-refractivity contribution >= 4 is 23.5 Å². The maximum Gasteiger partial charge on any atom is 0.338 e. The minimum atomic E-state index is -0.837. The van der Waals surface area contributed by atoms with Gasteiger partial charge in [-0.1, -0.05) is 6.92 Å².